The molecule has 0 saturated carbocycles. The molecule has 2 atom stereocenters. The molecule has 1 saturated heterocycles. The van der Waals surface area contributed by atoms with Crippen molar-refractivity contribution in [1.82, 2.24) is 30.0 Å². The van der Waals surface area contributed by atoms with Gasteiger partial charge < -0.3 is 10.1 Å². The Kier molecular flexibility index (Phi) is 5.31. The predicted molar refractivity (Wildman–Crippen MR) is 121 cm³/mol. The van der Waals surface area contributed by atoms with E-state index >= 15 is 0 Å². The van der Waals surface area contributed by atoms with E-state index in [-0.39, 0.29) is 6.04 Å². The summed E-state index contributed by atoms with van der Waals surface area (Å²) < 4.78 is 1.91. The lowest BCUT2D eigenvalue weighted by molar-refractivity contribution is -0.0221. The third-order valence-corrected chi connectivity index (χ3v) is 6.60. The minimum Gasteiger partial charge on any atom is -0.374 e. The maximum Gasteiger partial charge on any atom is 0.132 e. The van der Waals surface area contributed by atoms with Crippen molar-refractivity contribution in [1.29, 1.82) is 0 Å². The monoisotopic (exact) mass is 416 g/mol. The van der Waals surface area contributed by atoms with E-state index in [0.717, 1.165) is 37.1 Å². The fourth-order valence-corrected chi connectivity index (χ4v) is 4.54. The zero-order valence-corrected chi connectivity index (χ0v) is 17.7. The lowest BCUT2D eigenvalue weighted by atomic mass is 10.0. The fraction of sp³-hybridized carbons (Fsp3) is 0.333. The molecule has 160 valence electrons. The highest BCUT2D eigenvalue weighted by Gasteiger charge is 2.42. The molecule has 0 radical (unpaired) electrons. The molecular formula is C24H28N6O. The van der Waals surface area contributed by atoms with Gasteiger partial charge in [-0.25, -0.2) is 0 Å². The van der Waals surface area contributed by atoms with Crippen molar-refractivity contribution < 1.29 is 5.11 Å². The zero-order valence-electron chi connectivity index (χ0n) is 17.7. The lowest BCUT2D eigenvalue weighted by Crippen LogP contribution is -2.53. The summed E-state index contributed by atoms with van der Waals surface area (Å²) in [4.78, 5) is 5.76. The van der Waals surface area contributed by atoms with Gasteiger partial charge in [0, 0.05) is 54.9 Å². The molecule has 2 aromatic carbocycles. The van der Waals surface area contributed by atoms with Gasteiger partial charge in [0.15, 0.2) is 0 Å². The molecule has 1 aliphatic heterocycles. The van der Waals surface area contributed by atoms with E-state index in [0.29, 0.717) is 6.54 Å². The van der Waals surface area contributed by atoms with Gasteiger partial charge in [-0.3, -0.25) is 14.8 Å². The Labute approximate surface area is 181 Å². The van der Waals surface area contributed by atoms with Gasteiger partial charge in [0.2, 0.25) is 0 Å². The van der Waals surface area contributed by atoms with Gasteiger partial charge in [-0.2, -0.15) is 0 Å². The number of likely N-dealkylation sites (tertiary alicyclic amines) is 1. The molecule has 2 unspecified atom stereocenters. The molecule has 3 heterocycles. The molecular weight excluding hydrogens is 388 g/mol. The molecule has 7 heteroatoms. The summed E-state index contributed by atoms with van der Waals surface area (Å²) in [6.45, 7) is 4.57. The van der Waals surface area contributed by atoms with Crippen molar-refractivity contribution in [2.45, 2.75) is 38.1 Å². The van der Waals surface area contributed by atoms with Crippen molar-refractivity contribution in [2.75, 3.05) is 13.1 Å². The van der Waals surface area contributed by atoms with Crippen molar-refractivity contribution in [3.05, 3.63) is 78.5 Å². The highest BCUT2D eigenvalue weighted by Crippen LogP contribution is 2.28. The average molecular weight is 417 g/mol. The first-order chi connectivity index (χ1) is 15.1. The van der Waals surface area contributed by atoms with Crippen molar-refractivity contribution in [2.24, 2.45) is 0 Å². The fourth-order valence-electron chi connectivity index (χ4n) is 4.54. The van der Waals surface area contributed by atoms with Crippen LogP contribution in [0.25, 0.3) is 16.6 Å². The minimum absolute atomic E-state index is 0.0500. The van der Waals surface area contributed by atoms with Crippen molar-refractivity contribution >= 4 is 10.9 Å². The first kappa shape index (κ1) is 19.9. The largest absolute Gasteiger partial charge is 0.374 e. The van der Waals surface area contributed by atoms with E-state index in [9.17, 15) is 5.11 Å². The molecule has 2 aromatic heterocycles. The topological polar surface area (TPSA) is 82.0 Å². The number of nitrogens with one attached hydrogen (secondary N) is 2. The number of fused-ring (bicyclic) bond motifs is 1. The van der Waals surface area contributed by atoms with Crippen LogP contribution in [0.1, 0.15) is 24.5 Å². The second kappa shape index (κ2) is 8.26. The van der Waals surface area contributed by atoms with Crippen LogP contribution < -0.4 is 5.32 Å². The summed E-state index contributed by atoms with van der Waals surface area (Å²) in [7, 11) is 0. The van der Waals surface area contributed by atoms with Crippen molar-refractivity contribution in [3.63, 3.8) is 0 Å². The van der Waals surface area contributed by atoms with E-state index in [1.54, 1.807) is 12.7 Å². The van der Waals surface area contributed by atoms with Gasteiger partial charge in [-0.05, 0) is 42.7 Å². The summed E-state index contributed by atoms with van der Waals surface area (Å²) in [5.41, 5.74) is 3.78. The molecule has 0 spiro atoms. The summed E-state index contributed by atoms with van der Waals surface area (Å²) in [6, 6.07) is 16.6. The van der Waals surface area contributed by atoms with Crippen LogP contribution in [0.15, 0.2) is 67.4 Å². The van der Waals surface area contributed by atoms with Gasteiger partial charge in [0.1, 0.15) is 18.4 Å². The second-order valence-electron chi connectivity index (χ2n) is 8.39. The Morgan fingerprint density at radius 2 is 1.97 bits per heavy atom. The number of aromatic amines is 1. The number of nitrogens with zero attached hydrogens (tertiary/aromatic N) is 4. The SMILES string of the molecule is CC1N(CCc2c[nH]c3ccc(-n4cnnc4)cc23)CCC1(O)NCc1ccccc1. The Balaban J connectivity index is 1.25. The summed E-state index contributed by atoms with van der Waals surface area (Å²) in [6.07, 6.45) is 7.17. The molecule has 0 amide bonds. The molecule has 0 bridgehead atoms. The maximum absolute atomic E-state index is 11.2. The van der Waals surface area contributed by atoms with Crippen LogP contribution in [0.5, 0.6) is 0 Å². The van der Waals surface area contributed by atoms with Gasteiger partial charge in [0.25, 0.3) is 0 Å². The number of rotatable bonds is 7. The third kappa shape index (κ3) is 3.99. The summed E-state index contributed by atoms with van der Waals surface area (Å²) in [5.74, 6) is 0. The number of H-pyrrole nitrogens is 1. The zero-order chi connectivity index (χ0) is 21.3. The Morgan fingerprint density at radius 3 is 2.77 bits per heavy atom. The number of aromatic nitrogens is 4. The molecule has 1 aliphatic rings. The van der Waals surface area contributed by atoms with Crippen LogP contribution in [0, 0.1) is 0 Å². The molecule has 7 nitrogen and oxygen atoms in total. The number of hydrogen-bond acceptors (Lipinski definition) is 5. The molecule has 0 aliphatic carbocycles. The van der Waals surface area contributed by atoms with Crippen LogP contribution >= 0.6 is 0 Å². The third-order valence-electron chi connectivity index (χ3n) is 6.60. The number of aliphatic hydroxyl groups is 1. The van der Waals surface area contributed by atoms with Crippen LogP contribution in [0.4, 0.5) is 0 Å². The Bertz CT molecular complexity index is 1140. The van der Waals surface area contributed by atoms with Crippen LogP contribution in [-0.2, 0) is 13.0 Å². The highest BCUT2D eigenvalue weighted by molar-refractivity contribution is 5.85. The summed E-state index contributed by atoms with van der Waals surface area (Å²) >= 11 is 0. The standard InChI is InChI=1S/C24H28N6O/c1-18-24(31,26-14-19-5-3-2-4-6-19)10-12-29(18)11-9-20-15-25-23-8-7-21(13-22(20)23)30-16-27-28-17-30/h2-8,13,15-18,25-26,31H,9-12,14H2,1H3. The minimum atomic E-state index is -0.863. The molecule has 5 rings (SSSR count). The quantitative estimate of drug-likeness (QED) is 0.404. The molecule has 31 heavy (non-hydrogen) atoms. The molecule has 1 fully saturated rings. The van der Waals surface area contributed by atoms with E-state index in [1.165, 1.54) is 16.5 Å². The lowest BCUT2D eigenvalue weighted by Gasteiger charge is -2.32. The van der Waals surface area contributed by atoms with Gasteiger partial charge >= 0.3 is 0 Å². The highest BCUT2D eigenvalue weighted by atomic mass is 16.3. The first-order valence-electron chi connectivity index (χ1n) is 10.8. The summed E-state index contributed by atoms with van der Waals surface area (Å²) in [5, 5.41) is 23.6. The van der Waals surface area contributed by atoms with Gasteiger partial charge in [0.05, 0.1) is 0 Å². The number of hydrogen-bond donors (Lipinski definition) is 3. The Hall–Kier alpha value is -3.00. The van der Waals surface area contributed by atoms with Crippen LogP contribution in [0.2, 0.25) is 0 Å². The average Bonchev–Trinajstić information content (AvgIpc) is 3.53. The predicted octanol–water partition coefficient (Wildman–Crippen LogP) is 2.86. The van der Waals surface area contributed by atoms with Gasteiger partial charge in [-0.1, -0.05) is 30.3 Å². The first-order valence-corrected chi connectivity index (χ1v) is 10.8. The van der Waals surface area contributed by atoms with Crippen LogP contribution in [0.3, 0.4) is 0 Å². The second-order valence-corrected chi connectivity index (χ2v) is 8.39. The normalized spacial score (nSPS) is 21.8. The van der Waals surface area contributed by atoms with E-state index in [1.807, 2.05) is 22.8 Å². The van der Waals surface area contributed by atoms with Gasteiger partial charge in [-0.15, -0.1) is 10.2 Å². The van der Waals surface area contributed by atoms with Crippen molar-refractivity contribution in [3.8, 4) is 5.69 Å². The maximum atomic E-state index is 11.2. The smallest absolute Gasteiger partial charge is 0.132 e. The van der Waals surface area contributed by atoms with E-state index in [4.69, 9.17) is 0 Å². The van der Waals surface area contributed by atoms with E-state index < -0.39 is 5.72 Å². The molecule has 4 aromatic rings. The van der Waals surface area contributed by atoms with E-state index in [2.05, 4.69) is 68.9 Å². The number of benzene rings is 2. The van der Waals surface area contributed by atoms with Crippen LogP contribution in [-0.4, -0.2) is 54.6 Å². The Morgan fingerprint density at radius 1 is 1.16 bits per heavy atom. The molecule has 3 N–H and O–H groups in total.